The van der Waals surface area contributed by atoms with E-state index in [-0.39, 0.29) is 17.5 Å². The fraction of sp³-hybridized carbons (Fsp3) is 0.550. The molecule has 4 atom stereocenters. The van der Waals surface area contributed by atoms with E-state index in [9.17, 15) is 18.8 Å². The van der Waals surface area contributed by atoms with Crippen LogP contribution in [0.2, 0.25) is 0 Å². The number of hydrogen-bond donors (Lipinski definition) is 2. The lowest BCUT2D eigenvalue weighted by Crippen LogP contribution is -2.48. The van der Waals surface area contributed by atoms with Gasteiger partial charge in [-0.25, -0.2) is 4.39 Å². The van der Waals surface area contributed by atoms with Crippen LogP contribution < -0.4 is 10.6 Å². The molecule has 0 spiro atoms. The molecule has 0 heterocycles. The maximum Gasteiger partial charge on any atom is 0.326 e. The molecule has 2 amide bonds. The van der Waals surface area contributed by atoms with Gasteiger partial charge in [0.05, 0.1) is 5.56 Å². The minimum Gasteiger partial charge on any atom is -0.451 e. The fourth-order valence-electron chi connectivity index (χ4n) is 3.27. The largest absolute Gasteiger partial charge is 0.451 e. The third-order valence-electron chi connectivity index (χ3n) is 5.22. The van der Waals surface area contributed by atoms with Crippen LogP contribution in [0, 0.1) is 17.7 Å². The number of hydrogen-bond acceptors (Lipinski definition) is 4. The molecule has 1 aliphatic rings. The maximum absolute atomic E-state index is 13.5. The van der Waals surface area contributed by atoms with Gasteiger partial charge >= 0.3 is 5.97 Å². The van der Waals surface area contributed by atoms with Gasteiger partial charge in [0.2, 0.25) is 0 Å². The first-order chi connectivity index (χ1) is 12.8. The van der Waals surface area contributed by atoms with E-state index in [1.807, 2.05) is 0 Å². The number of benzene rings is 1. The zero-order chi connectivity index (χ0) is 20.0. The van der Waals surface area contributed by atoms with Gasteiger partial charge in [-0.2, -0.15) is 0 Å². The van der Waals surface area contributed by atoms with E-state index >= 15 is 0 Å². The molecule has 27 heavy (non-hydrogen) atoms. The topological polar surface area (TPSA) is 84.5 Å². The summed E-state index contributed by atoms with van der Waals surface area (Å²) in [5, 5.41) is 5.24. The van der Waals surface area contributed by atoms with E-state index in [1.54, 1.807) is 0 Å². The average Bonchev–Trinajstić information content (AvgIpc) is 2.63. The molecule has 1 saturated carbocycles. The van der Waals surface area contributed by atoms with Crippen LogP contribution in [0.4, 0.5) is 4.39 Å². The number of rotatable bonds is 6. The molecule has 0 radical (unpaired) electrons. The van der Waals surface area contributed by atoms with Crippen molar-refractivity contribution >= 4 is 17.8 Å². The second-order valence-corrected chi connectivity index (χ2v) is 7.18. The van der Waals surface area contributed by atoms with Crippen molar-refractivity contribution in [2.45, 2.75) is 52.2 Å². The molecular formula is C20H27FN2O4. The van der Waals surface area contributed by atoms with Crippen LogP contribution in [0.3, 0.4) is 0 Å². The quantitative estimate of drug-likeness (QED) is 0.745. The van der Waals surface area contributed by atoms with Crippen molar-refractivity contribution in [2.75, 3.05) is 6.54 Å². The summed E-state index contributed by atoms with van der Waals surface area (Å²) in [6, 6.07) is 5.54. The molecule has 0 aliphatic heterocycles. The van der Waals surface area contributed by atoms with Crippen molar-refractivity contribution in [3.8, 4) is 0 Å². The highest BCUT2D eigenvalue weighted by Gasteiger charge is 2.30. The van der Waals surface area contributed by atoms with E-state index < -0.39 is 30.3 Å². The highest BCUT2D eigenvalue weighted by molar-refractivity contribution is 5.96. The second kappa shape index (κ2) is 9.48. The van der Waals surface area contributed by atoms with E-state index in [2.05, 4.69) is 24.5 Å². The SMILES string of the molecule is C[C@@H]1[C@H](C)CCC[C@@H]1NC(=O)[C@@H](C)OC(=O)CNC(=O)c1ccccc1F. The summed E-state index contributed by atoms with van der Waals surface area (Å²) in [4.78, 5) is 36.0. The van der Waals surface area contributed by atoms with Crippen molar-refractivity contribution in [3.63, 3.8) is 0 Å². The molecule has 1 fully saturated rings. The molecule has 148 valence electrons. The van der Waals surface area contributed by atoms with Crippen LogP contribution in [-0.4, -0.2) is 36.5 Å². The molecule has 6 nitrogen and oxygen atoms in total. The van der Waals surface area contributed by atoms with Crippen LogP contribution in [-0.2, 0) is 14.3 Å². The molecule has 0 unspecified atom stereocenters. The Bertz CT molecular complexity index is 694. The lowest BCUT2D eigenvalue weighted by Gasteiger charge is -2.35. The monoisotopic (exact) mass is 378 g/mol. The van der Waals surface area contributed by atoms with Gasteiger partial charge in [0.15, 0.2) is 6.10 Å². The summed E-state index contributed by atoms with van der Waals surface area (Å²) in [5.74, 6) is -1.59. The lowest BCUT2D eigenvalue weighted by atomic mass is 9.78. The Morgan fingerprint density at radius 2 is 1.93 bits per heavy atom. The number of carbonyl (C=O) groups excluding carboxylic acids is 3. The summed E-state index contributed by atoms with van der Waals surface area (Å²) in [7, 11) is 0. The van der Waals surface area contributed by atoms with E-state index in [0.29, 0.717) is 11.8 Å². The van der Waals surface area contributed by atoms with Crippen molar-refractivity contribution in [1.82, 2.24) is 10.6 Å². The summed E-state index contributed by atoms with van der Waals surface area (Å²) in [5.41, 5.74) is -0.156. The normalized spacial score (nSPS) is 23.2. The Hall–Kier alpha value is -2.44. The first-order valence-electron chi connectivity index (χ1n) is 9.32. The Labute approximate surface area is 158 Å². The average molecular weight is 378 g/mol. The predicted octanol–water partition coefficient (Wildman–Crippen LogP) is 2.43. The van der Waals surface area contributed by atoms with Gasteiger partial charge in [-0.05, 0) is 37.3 Å². The minimum absolute atomic E-state index is 0.0724. The van der Waals surface area contributed by atoms with Gasteiger partial charge in [0.25, 0.3) is 11.8 Å². The van der Waals surface area contributed by atoms with Crippen LogP contribution in [0.15, 0.2) is 24.3 Å². The molecule has 1 aliphatic carbocycles. The molecule has 7 heteroatoms. The number of amides is 2. The van der Waals surface area contributed by atoms with Gasteiger partial charge in [0, 0.05) is 6.04 Å². The van der Waals surface area contributed by atoms with Crippen LogP contribution in [0.1, 0.15) is 50.4 Å². The number of carbonyl (C=O) groups is 3. The molecule has 0 aromatic heterocycles. The highest BCUT2D eigenvalue weighted by Crippen LogP contribution is 2.29. The zero-order valence-electron chi connectivity index (χ0n) is 16.0. The van der Waals surface area contributed by atoms with Crippen molar-refractivity contribution in [3.05, 3.63) is 35.6 Å². The summed E-state index contributed by atoms with van der Waals surface area (Å²) in [6.45, 7) is 5.33. The van der Waals surface area contributed by atoms with E-state index in [4.69, 9.17) is 4.74 Å². The Morgan fingerprint density at radius 1 is 1.22 bits per heavy atom. The van der Waals surface area contributed by atoms with Crippen molar-refractivity contribution in [2.24, 2.45) is 11.8 Å². The maximum atomic E-state index is 13.5. The van der Waals surface area contributed by atoms with E-state index in [1.165, 1.54) is 25.1 Å². The number of esters is 1. The van der Waals surface area contributed by atoms with Crippen LogP contribution in [0.25, 0.3) is 0 Å². The number of nitrogens with one attached hydrogen (secondary N) is 2. The summed E-state index contributed by atoms with van der Waals surface area (Å²) in [6.07, 6.45) is 2.16. The van der Waals surface area contributed by atoms with Crippen molar-refractivity contribution < 1.29 is 23.5 Å². The molecule has 1 aromatic rings. The van der Waals surface area contributed by atoms with Gasteiger partial charge in [-0.3, -0.25) is 14.4 Å². The van der Waals surface area contributed by atoms with Gasteiger partial charge < -0.3 is 15.4 Å². The molecule has 0 saturated heterocycles. The minimum atomic E-state index is -0.965. The smallest absolute Gasteiger partial charge is 0.326 e. The summed E-state index contributed by atoms with van der Waals surface area (Å²) < 4.78 is 18.6. The Morgan fingerprint density at radius 3 is 2.63 bits per heavy atom. The lowest BCUT2D eigenvalue weighted by molar-refractivity contribution is -0.154. The van der Waals surface area contributed by atoms with Gasteiger partial charge in [0.1, 0.15) is 12.4 Å². The van der Waals surface area contributed by atoms with Crippen molar-refractivity contribution in [1.29, 1.82) is 0 Å². The Balaban J connectivity index is 1.78. The third kappa shape index (κ3) is 5.77. The second-order valence-electron chi connectivity index (χ2n) is 7.18. The highest BCUT2D eigenvalue weighted by atomic mass is 19.1. The third-order valence-corrected chi connectivity index (χ3v) is 5.22. The first kappa shape index (κ1) is 20.9. The number of halogens is 1. The molecule has 0 bridgehead atoms. The molecular weight excluding hydrogens is 351 g/mol. The standard InChI is InChI=1S/C20H27FN2O4/c1-12-7-6-10-17(13(12)2)23-19(25)14(3)27-18(24)11-22-20(26)15-8-4-5-9-16(15)21/h4-5,8-9,12-14,17H,6-7,10-11H2,1-3H3,(H,22,26)(H,23,25)/t12-,13-,14-,17+/m1/s1. The molecule has 2 rings (SSSR count). The zero-order valence-corrected chi connectivity index (χ0v) is 16.0. The number of ether oxygens (including phenoxy) is 1. The van der Waals surface area contributed by atoms with Gasteiger partial charge in [-0.1, -0.05) is 38.8 Å². The van der Waals surface area contributed by atoms with Crippen LogP contribution >= 0.6 is 0 Å². The molecule has 2 N–H and O–H groups in total. The first-order valence-corrected chi connectivity index (χ1v) is 9.32. The fourth-order valence-corrected chi connectivity index (χ4v) is 3.27. The van der Waals surface area contributed by atoms with E-state index in [0.717, 1.165) is 25.3 Å². The van der Waals surface area contributed by atoms with Crippen LogP contribution in [0.5, 0.6) is 0 Å². The molecule has 1 aromatic carbocycles. The Kier molecular flexibility index (Phi) is 7.33. The summed E-state index contributed by atoms with van der Waals surface area (Å²) >= 11 is 0. The van der Waals surface area contributed by atoms with Gasteiger partial charge in [-0.15, -0.1) is 0 Å². The predicted molar refractivity (Wildman–Crippen MR) is 98.4 cm³/mol.